The maximum Gasteiger partial charge on any atom is 0.222 e. The molecule has 0 unspecified atom stereocenters. The van der Waals surface area contributed by atoms with Gasteiger partial charge in [0.25, 0.3) is 0 Å². The second-order valence-electron chi connectivity index (χ2n) is 14.9. The smallest absolute Gasteiger partial charge is 0.200 e. The van der Waals surface area contributed by atoms with Crippen LogP contribution in [0, 0.1) is 24.2 Å². The summed E-state index contributed by atoms with van der Waals surface area (Å²) >= 11 is 2.04. The third-order valence-corrected chi connectivity index (χ3v) is 11.0. The van der Waals surface area contributed by atoms with E-state index in [1.807, 2.05) is 11.8 Å². The van der Waals surface area contributed by atoms with Gasteiger partial charge < -0.3 is 0 Å². The molecule has 0 saturated heterocycles. The fourth-order valence-electron chi connectivity index (χ4n) is 8.02. The Bertz CT molecular complexity index is 1860. The zero-order valence-electron chi connectivity index (χ0n) is 26.7. The Labute approximate surface area is 256 Å². The molecule has 0 bridgehead atoms. The summed E-state index contributed by atoms with van der Waals surface area (Å²) in [5.74, 6) is 1.48. The minimum Gasteiger partial charge on any atom is -0.200 e. The lowest BCUT2D eigenvalue weighted by molar-refractivity contribution is -0.659. The molecule has 7 rings (SSSR count). The Morgan fingerprint density at radius 1 is 0.929 bits per heavy atom. The minimum atomic E-state index is 0.195. The highest BCUT2D eigenvalue weighted by Crippen LogP contribution is 2.54. The number of aromatic nitrogens is 1. The van der Waals surface area contributed by atoms with E-state index < -0.39 is 0 Å². The summed E-state index contributed by atoms with van der Waals surface area (Å²) in [4.78, 5) is 2.89. The quantitative estimate of drug-likeness (QED) is 0.147. The summed E-state index contributed by atoms with van der Waals surface area (Å²) in [6, 6.07) is 19.3. The van der Waals surface area contributed by atoms with Crippen LogP contribution in [0.2, 0.25) is 0 Å². The van der Waals surface area contributed by atoms with Gasteiger partial charge in [0.2, 0.25) is 5.69 Å². The van der Waals surface area contributed by atoms with E-state index >= 15 is 0 Å². The Hall–Kier alpha value is -2.84. The third-order valence-electron chi connectivity index (χ3n) is 9.78. The molecular formula is C40H46NS+. The van der Waals surface area contributed by atoms with E-state index in [9.17, 15) is 0 Å². The molecule has 0 amide bonds. The standard InChI is InChI=1S/C40H46NS/c1-24(2)19-27-15-16-30-32(21-27)25(3)35-38-37-31(17-18-41(38)7)36-28(20-26-11-8-9-12-26)13-10-14-29(36)22-34(37)42-39(35)33(30)23-40(4,5)6/h10,13-18,21-22,24,26H,8-9,11-12,19-20,23H2,1-7H3/q+1. The average molecular weight is 573 g/mol. The van der Waals surface area contributed by atoms with Crippen molar-refractivity contribution in [1.82, 2.24) is 0 Å². The first-order valence-corrected chi connectivity index (χ1v) is 17.0. The van der Waals surface area contributed by atoms with Crippen LogP contribution >= 0.6 is 11.8 Å². The van der Waals surface area contributed by atoms with E-state index in [2.05, 4.69) is 108 Å². The number of hydrogen-bond acceptors (Lipinski definition) is 1. The first-order chi connectivity index (χ1) is 20.1. The normalized spacial score (nSPS) is 15.4. The van der Waals surface area contributed by atoms with Gasteiger partial charge in [-0.25, -0.2) is 4.57 Å². The molecule has 1 aliphatic heterocycles. The second-order valence-corrected chi connectivity index (χ2v) is 16.0. The third kappa shape index (κ3) is 4.75. The molecule has 2 aliphatic rings. The molecule has 1 nitrogen and oxygen atoms in total. The Morgan fingerprint density at radius 3 is 2.45 bits per heavy atom. The van der Waals surface area contributed by atoms with Gasteiger partial charge >= 0.3 is 0 Å². The lowest BCUT2D eigenvalue weighted by Crippen LogP contribution is -2.32. The molecule has 5 aromatic rings. The largest absolute Gasteiger partial charge is 0.222 e. The van der Waals surface area contributed by atoms with Crippen LogP contribution in [0.1, 0.15) is 82.6 Å². The summed E-state index contributed by atoms with van der Waals surface area (Å²) in [5.41, 5.74) is 9.01. The maximum atomic E-state index is 2.51. The SMILES string of the molecule is Cc1c2c(c(CC(C)(C)C)c3ccc(CC(C)C)cc13)Sc1cc3cccc(CC4CCCC4)c3c3cc[n+](C)c-2c13. The van der Waals surface area contributed by atoms with Gasteiger partial charge in [-0.05, 0) is 93.3 Å². The van der Waals surface area contributed by atoms with Crippen molar-refractivity contribution in [3.8, 4) is 11.3 Å². The van der Waals surface area contributed by atoms with Crippen molar-refractivity contribution in [3.05, 3.63) is 77.0 Å². The van der Waals surface area contributed by atoms with Crippen molar-refractivity contribution in [1.29, 1.82) is 0 Å². The lowest BCUT2D eigenvalue weighted by atomic mass is 9.82. The van der Waals surface area contributed by atoms with Crippen LogP contribution in [0.25, 0.3) is 43.6 Å². The summed E-state index contributed by atoms with van der Waals surface area (Å²) in [5, 5.41) is 8.66. The maximum absolute atomic E-state index is 2.51. The van der Waals surface area contributed by atoms with Gasteiger partial charge in [0.15, 0.2) is 6.20 Å². The zero-order valence-corrected chi connectivity index (χ0v) is 27.5. The van der Waals surface area contributed by atoms with Crippen LogP contribution in [0.4, 0.5) is 0 Å². The summed E-state index contributed by atoms with van der Waals surface area (Å²) in [6.07, 6.45) is 11.3. The predicted molar refractivity (Wildman–Crippen MR) is 182 cm³/mol. The number of benzene rings is 4. The van der Waals surface area contributed by atoms with Gasteiger partial charge in [-0.2, -0.15) is 0 Å². The Kier molecular flexibility index (Phi) is 6.93. The van der Waals surface area contributed by atoms with E-state index in [1.54, 1.807) is 5.56 Å². The van der Waals surface area contributed by atoms with Crippen LogP contribution < -0.4 is 4.57 Å². The summed E-state index contributed by atoms with van der Waals surface area (Å²) < 4.78 is 2.41. The van der Waals surface area contributed by atoms with Crippen molar-refractivity contribution >= 4 is 44.1 Å². The molecule has 216 valence electrons. The van der Waals surface area contributed by atoms with E-state index in [0.29, 0.717) is 5.92 Å². The van der Waals surface area contributed by atoms with E-state index in [1.165, 1.54) is 102 Å². The molecule has 1 aliphatic carbocycles. The van der Waals surface area contributed by atoms with Gasteiger partial charge in [-0.1, -0.05) is 108 Å². The first-order valence-electron chi connectivity index (χ1n) is 16.2. The molecule has 2 heterocycles. The lowest BCUT2D eigenvalue weighted by Gasteiger charge is -2.28. The number of rotatable bonds is 5. The van der Waals surface area contributed by atoms with Crippen molar-refractivity contribution in [2.75, 3.05) is 0 Å². The minimum absolute atomic E-state index is 0.195. The number of pyridine rings is 1. The van der Waals surface area contributed by atoms with E-state index in [-0.39, 0.29) is 5.41 Å². The molecule has 0 N–H and O–H groups in total. The summed E-state index contributed by atoms with van der Waals surface area (Å²) in [7, 11) is 2.26. The molecule has 1 fully saturated rings. The zero-order chi connectivity index (χ0) is 29.3. The van der Waals surface area contributed by atoms with Gasteiger partial charge in [-0.3, -0.25) is 0 Å². The van der Waals surface area contributed by atoms with Gasteiger partial charge in [0, 0.05) is 21.2 Å². The number of hydrogen-bond donors (Lipinski definition) is 0. The molecule has 2 heteroatoms. The van der Waals surface area contributed by atoms with Crippen LogP contribution in [-0.2, 0) is 26.3 Å². The number of nitrogens with zero attached hydrogens (tertiary/aromatic N) is 1. The van der Waals surface area contributed by atoms with Crippen LogP contribution in [0.3, 0.4) is 0 Å². The Morgan fingerprint density at radius 2 is 1.71 bits per heavy atom. The second kappa shape index (κ2) is 10.4. The van der Waals surface area contributed by atoms with E-state index in [4.69, 9.17) is 0 Å². The molecule has 1 aromatic heterocycles. The molecule has 0 spiro atoms. The highest BCUT2D eigenvalue weighted by Gasteiger charge is 2.33. The average Bonchev–Trinajstić information content (AvgIpc) is 3.44. The topological polar surface area (TPSA) is 3.88 Å². The molecule has 42 heavy (non-hydrogen) atoms. The molecule has 0 atom stereocenters. The van der Waals surface area contributed by atoms with Crippen molar-refractivity contribution in [2.45, 2.75) is 96.3 Å². The molecular weight excluding hydrogens is 527 g/mol. The van der Waals surface area contributed by atoms with Crippen molar-refractivity contribution in [2.24, 2.45) is 24.3 Å². The van der Waals surface area contributed by atoms with Crippen molar-refractivity contribution in [3.63, 3.8) is 0 Å². The van der Waals surface area contributed by atoms with Crippen LogP contribution in [0.15, 0.2) is 64.5 Å². The monoisotopic (exact) mass is 572 g/mol. The molecule has 0 radical (unpaired) electrons. The molecule has 4 aromatic carbocycles. The van der Waals surface area contributed by atoms with Crippen LogP contribution in [0.5, 0.6) is 0 Å². The van der Waals surface area contributed by atoms with Gasteiger partial charge in [-0.15, -0.1) is 0 Å². The molecule has 1 saturated carbocycles. The highest BCUT2D eigenvalue weighted by molar-refractivity contribution is 8.00. The Balaban J connectivity index is 1.55. The first kappa shape index (κ1) is 28.0. The van der Waals surface area contributed by atoms with Crippen molar-refractivity contribution < 1.29 is 4.57 Å². The number of aryl methyl sites for hydroxylation is 2. The fourth-order valence-corrected chi connectivity index (χ4v) is 9.39. The van der Waals surface area contributed by atoms with Gasteiger partial charge in [0.05, 0.1) is 10.9 Å². The predicted octanol–water partition coefficient (Wildman–Crippen LogP) is 10.9. The van der Waals surface area contributed by atoms with Gasteiger partial charge in [0.1, 0.15) is 7.05 Å². The summed E-state index contributed by atoms with van der Waals surface area (Å²) in [6.45, 7) is 14.2. The van der Waals surface area contributed by atoms with Crippen LogP contribution in [-0.4, -0.2) is 0 Å². The number of fused-ring (bicyclic) bond motifs is 5. The fraction of sp³-hybridized carbons (Fsp3) is 0.425. The highest BCUT2D eigenvalue weighted by atomic mass is 32.2. The van der Waals surface area contributed by atoms with E-state index in [0.717, 1.165) is 18.8 Å².